The van der Waals surface area contributed by atoms with Crippen LogP contribution in [0.3, 0.4) is 0 Å². The smallest absolute Gasteiger partial charge is 0.264 e. The first kappa shape index (κ1) is 17.1. The minimum absolute atomic E-state index is 0.0657. The molecular formula is C14H8Cl3NO2S3. The molecule has 0 saturated heterocycles. The summed E-state index contributed by atoms with van der Waals surface area (Å²) in [7, 11) is -3.92. The summed E-state index contributed by atoms with van der Waals surface area (Å²) in [6.07, 6.45) is 0. The fraction of sp³-hybridized carbons (Fsp3) is 0. The Bertz CT molecular complexity index is 943. The van der Waals surface area contributed by atoms with Gasteiger partial charge in [-0.1, -0.05) is 40.9 Å². The number of hydrogen-bond donors (Lipinski definition) is 1. The lowest BCUT2D eigenvalue weighted by Gasteiger charge is -2.11. The molecule has 0 aliphatic rings. The first-order valence-electron chi connectivity index (χ1n) is 6.18. The average molecular weight is 425 g/mol. The second kappa shape index (κ2) is 6.63. The summed E-state index contributed by atoms with van der Waals surface area (Å²) >= 11 is 21.0. The van der Waals surface area contributed by atoms with E-state index in [1.54, 1.807) is 23.6 Å². The highest BCUT2D eigenvalue weighted by Crippen LogP contribution is 2.42. The van der Waals surface area contributed by atoms with Crippen LogP contribution in [0.1, 0.15) is 0 Å². The molecule has 0 amide bonds. The molecule has 1 N–H and O–H groups in total. The molecule has 2 heterocycles. The van der Waals surface area contributed by atoms with E-state index in [0.29, 0.717) is 10.7 Å². The quantitative estimate of drug-likeness (QED) is 0.539. The Kier molecular flexibility index (Phi) is 4.92. The standard InChI is InChI=1S/C14H8Cl3NO2S3/c15-8-4-6-21-12(8)13-11(5-7-22-13)18-23(19,20)14-9(16)2-1-3-10(14)17/h1-7,18H. The number of halogens is 3. The predicted octanol–water partition coefficient (Wildman–Crippen LogP) is 6.24. The van der Waals surface area contributed by atoms with Crippen molar-refractivity contribution in [3.8, 4) is 9.75 Å². The zero-order chi connectivity index (χ0) is 16.6. The molecule has 3 nitrogen and oxygen atoms in total. The van der Waals surface area contributed by atoms with Crippen LogP contribution in [0.5, 0.6) is 0 Å². The highest BCUT2D eigenvalue weighted by molar-refractivity contribution is 7.93. The van der Waals surface area contributed by atoms with Gasteiger partial charge in [-0.05, 0) is 35.0 Å². The summed E-state index contributed by atoms with van der Waals surface area (Å²) in [5, 5.41) is 4.35. The van der Waals surface area contributed by atoms with E-state index in [1.807, 2.05) is 5.38 Å². The fourth-order valence-corrected chi connectivity index (χ4v) is 6.49. The number of hydrogen-bond acceptors (Lipinski definition) is 4. The second-order valence-electron chi connectivity index (χ2n) is 4.42. The van der Waals surface area contributed by atoms with E-state index in [0.717, 1.165) is 9.75 Å². The molecule has 3 aromatic rings. The Morgan fingerprint density at radius 2 is 1.43 bits per heavy atom. The highest BCUT2D eigenvalue weighted by Gasteiger charge is 2.24. The first-order valence-corrected chi connectivity index (χ1v) is 10.6. The van der Waals surface area contributed by atoms with Crippen LogP contribution >= 0.6 is 57.5 Å². The third-order valence-corrected chi connectivity index (χ3v) is 7.66. The second-order valence-corrected chi connectivity index (χ2v) is 9.09. The molecule has 0 radical (unpaired) electrons. The van der Waals surface area contributed by atoms with Crippen LogP contribution in [0.25, 0.3) is 9.75 Å². The monoisotopic (exact) mass is 423 g/mol. The molecule has 0 atom stereocenters. The molecule has 0 fully saturated rings. The van der Waals surface area contributed by atoms with Gasteiger partial charge in [0.1, 0.15) is 4.90 Å². The predicted molar refractivity (Wildman–Crippen MR) is 99.9 cm³/mol. The van der Waals surface area contributed by atoms with Crippen LogP contribution in [-0.2, 0) is 10.0 Å². The number of sulfonamides is 1. The van der Waals surface area contributed by atoms with Crippen molar-refractivity contribution in [1.29, 1.82) is 0 Å². The van der Waals surface area contributed by atoms with Crippen LogP contribution < -0.4 is 4.72 Å². The molecule has 23 heavy (non-hydrogen) atoms. The summed E-state index contributed by atoms with van der Waals surface area (Å²) in [6, 6.07) is 7.99. The lowest BCUT2D eigenvalue weighted by molar-refractivity contribution is 0.601. The van der Waals surface area contributed by atoms with E-state index in [1.165, 1.54) is 34.8 Å². The van der Waals surface area contributed by atoms with Gasteiger partial charge in [0.25, 0.3) is 10.0 Å². The van der Waals surface area contributed by atoms with E-state index in [2.05, 4.69) is 4.72 Å². The van der Waals surface area contributed by atoms with Crippen molar-refractivity contribution in [2.45, 2.75) is 4.90 Å². The van der Waals surface area contributed by atoms with Gasteiger partial charge in [-0.15, -0.1) is 22.7 Å². The number of benzene rings is 1. The summed E-state index contributed by atoms with van der Waals surface area (Å²) in [6.45, 7) is 0. The maximum absolute atomic E-state index is 12.6. The van der Waals surface area contributed by atoms with Gasteiger partial charge in [0.05, 0.1) is 30.5 Å². The third kappa shape index (κ3) is 3.38. The van der Waals surface area contributed by atoms with Crippen molar-refractivity contribution in [1.82, 2.24) is 0 Å². The third-order valence-electron chi connectivity index (χ3n) is 2.92. The molecule has 0 spiro atoms. The Balaban J connectivity index is 2.04. The SMILES string of the molecule is O=S(=O)(Nc1ccsc1-c1sccc1Cl)c1c(Cl)cccc1Cl. The molecule has 0 saturated carbocycles. The number of anilines is 1. The van der Waals surface area contributed by atoms with E-state index in [4.69, 9.17) is 34.8 Å². The van der Waals surface area contributed by atoms with Gasteiger partial charge in [0.15, 0.2) is 0 Å². The Morgan fingerprint density at radius 3 is 2.04 bits per heavy atom. The minimum Gasteiger partial charge on any atom is -0.278 e. The van der Waals surface area contributed by atoms with Gasteiger partial charge in [-0.25, -0.2) is 8.42 Å². The van der Waals surface area contributed by atoms with Gasteiger partial charge in [0, 0.05) is 0 Å². The van der Waals surface area contributed by atoms with Crippen LogP contribution in [0, 0.1) is 0 Å². The normalized spacial score (nSPS) is 11.6. The van der Waals surface area contributed by atoms with Gasteiger partial charge in [-0.2, -0.15) is 0 Å². The molecular weight excluding hydrogens is 417 g/mol. The topological polar surface area (TPSA) is 46.2 Å². The van der Waals surface area contributed by atoms with E-state index in [-0.39, 0.29) is 14.9 Å². The van der Waals surface area contributed by atoms with Crippen molar-refractivity contribution in [3.05, 3.63) is 56.2 Å². The maximum atomic E-state index is 12.6. The first-order chi connectivity index (χ1) is 10.9. The summed E-state index contributed by atoms with van der Waals surface area (Å²) in [4.78, 5) is 1.42. The summed E-state index contributed by atoms with van der Waals surface area (Å²) < 4.78 is 27.8. The number of thiophene rings is 2. The number of nitrogens with one attached hydrogen (secondary N) is 1. The lowest BCUT2D eigenvalue weighted by Crippen LogP contribution is -2.14. The molecule has 1 aromatic carbocycles. The molecule has 2 aromatic heterocycles. The van der Waals surface area contributed by atoms with Gasteiger partial charge in [-0.3, -0.25) is 4.72 Å². The van der Waals surface area contributed by atoms with Crippen molar-refractivity contribution >= 4 is 73.2 Å². The minimum atomic E-state index is -3.92. The van der Waals surface area contributed by atoms with Crippen LogP contribution in [0.4, 0.5) is 5.69 Å². The Morgan fingerprint density at radius 1 is 0.826 bits per heavy atom. The van der Waals surface area contributed by atoms with E-state index in [9.17, 15) is 8.42 Å². The van der Waals surface area contributed by atoms with Crippen molar-refractivity contribution < 1.29 is 8.42 Å². The molecule has 120 valence electrons. The van der Waals surface area contributed by atoms with Crippen molar-refractivity contribution in [2.24, 2.45) is 0 Å². The molecule has 0 aliphatic heterocycles. The Labute approximate surface area is 156 Å². The fourth-order valence-electron chi connectivity index (χ4n) is 1.96. The molecule has 0 aliphatic carbocycles. The molecule has 0 unspecified atom stereocenters. The van der Waals surface area contributed by atoms with Crippen LogP contribution in [0.2, 0.25) is 15.1 Å². The van der Waals surface area contributed by atoms with Gasteiger partial charge in [0.2, 0.25) is 0 Å². The number of rotatable bonds is 4. The van der Waals surface area contributed by atoms with Gasteiger partial charge >= 0.3 is 0 Å². The van der Waals surface area contributed by atoms with Crippen LogP contribution in [-0.4, -0.2) is 8.42 Å². The molecule has 0 bridgehead atoms. The highest BCUT2D eigenvalue weighted by atomic mass is 35.5. The lowest BCUT2D eigenvalue weighted by atomic mass is 10.3. The zero-order valence-corrected chi connectivity index (χ0v) is 15.9. The maximum Gasteiger partial charge on any atom is 0.264 e. The van der Waals surface area contributed by atoms with Crippen molar-refractivity contribution in [2.75, 3.05) is 4.72 Å². The molecule has 3 rings (SSSR count). The Hall–Kier alpha value is -0.760. The summed E-state index contributed by atoms with van der Waals surface area (Å²) in [5.74, 6) is 0. The van der Waals surface area contributed by atoms with E-state index >= 15 is 0 Å². The largest absolute Gasteiger partial charge is 0.278 e. The summed E-state index contributed by atoms with van der Waals surface area (Å²) in [5.41, 5.74) is 0.440. The average Bonchev–Trinajstić information content (AvgIpc) is 3.06. The van der Waals surface area contributed by atoms with E-state index < -0.39 is 10.0 Å². The van der Waals surface area contributed by atoms with Gasteiger partial charge < -0.3 is 0 Å². The zero-order valence-electron chi connectivity index (χ0n) is 11.2. The van der Waals surface area contributed by atoms with Crippen LogP contribution in [0.15, 0.2) is 46.0 Å². The molecule has 9 heteroatoms. The van der Waals surface area contributed by atoms with Crippen molar-refractivity contribution in [3.63, 3.8) is 0 Å².